The van der Waals surface area contributed by atoms with Gasteiger partial charge in [0.25, 0.3) is 11.8 Å². The number of amides is 4. The molecule has 2 aliphatic heterocycles. The Morgan fingerprint density at radius 2 is 1.71 bits per heavy atom. The summed E-state index contributed by atoms with van der Waals surface area (Å²) in [5.41, 5.74) is 1.36. The quantitative estimate of drug-likeness (QED) is 0.251. The zero-order valence-corrected chi connectivity index (χ0v) is 24.8. The van der Waals surface area contributed by atoms with Crippen molar-refractivity contribution in [2.75, 3.05) is 21.7 Å². The number of imide groups is 1. The van der Waals surface area contributed by atoms with Crippen LogP contribution < -0.4 is 15.1 Å². The fraction of sp³-hybridized carbons (Fsp3) is 0.273. The number of rotatable bonds is 3. The third kappa shape index (κ3) is 4.55. The molecule has 2 unspecified atom stereocenters. The zero-order chi connectivity index (χ0) is 31.9. The molecule has 1 saturated carbocycles. The van der Waals surface area contributed by atoms with Crippen LogP contribution in [-0.4, -0.2) is 51.2 Å². The molecule has 7 rings (SSSR count). The molecule has 2 N–H and O–H groups in total. The fourth-order valence-corrected chi connectivity index (χ4v) is 6.28. The Hall–Kier alpha value is -5.39. The van der Waals surface area contributed by atoms with Gasteiger partial charge in [-0.25, -0.2) is 23.9 Å². The van der Waals surface area contributed by atoms with Crippen LogP contribution >= 0.6 is 0 Å². The number of halogens is 1. The molecule has 4 heterocycles. The Bertz CT molecular complexity index is 1970. The number of ether oxygens (including phenoxy) is 1. The van der Waals surface area contributed by atoms with Crippen molar-refractivity contribution in [3.63, 3.8) is 0 Å². The Kier molecular flexibility index (Phi) is 6.19. The lowest BCUT2D eigenvalue weighted by molar-refractivity contribution is 0.0634. The van der Waals surface area contributed by atoms with Gasteiger partial charge in [0.1, 0.15) is 11.4 Å². The largest absolute Gasteiger partial charge is 0.465 e. The maximum atomic E-state index is 16.6. The maximum absolute atomic E-state index is 16.6. The van der Waals surface area contributed by atoms with E-state index in [0.29, 0.717) is 34.4 Å². The van der Waals surface area contributed by atoms with Crippen molar-refractivity contribution < 1.29 is 33.4 Å². The van der Waals surface area contributed by atoms with Gasteiger partial charge in [-0.15, -0.1) is 0 Å². The molecule has 11 nitrogen and oxygen atoms in total. The number of anilines is 3. The predicted octanol–water partition coefficient (Wildman–Crippen LogP) is 6.49. The topological polar surface area (TPSA) is 142 Å². The number of aromatic nitrogens is 2. The Labute approximate surface area is 256 Å². The van der Waals surface area contributed by atoms with Crippen LogP contribution in [0.1, 0.15) is 65.1 Å². The van der Waals surface area contributed by atoms with E-state index in [2.05, 4.69) is 15.3 Å². The highest BCUT2D eigenvalue weighted by atomic mass is 19.1. The van der Waals surface area contributed by atoms with Crippen molar-refractivity contribution in [1.82, 2.24) is 9.97 Å². The molecule has 2 atom stereocenters. The molecular weight excluding hydrogens is 581 g/mol. The third-order valence-electron chi connectivity index (χ3n) is 8.41. The highest BCUT2D eigenvalue weighted by molar-refractivity contribution is 6.34. The lowest BCUT2D eigenvalue weighted by atomic mass is 9.94. The maximum Gasteiger partial charge on any atom is 0.412 e. The summed E-state index contributed by atoms with van der Waals surface area (Å²) >= 11 is 0. The number of pyridine rings is 2. The summed E-state index contributed by atoms with van der Waals surface area (Å²) in [5, 5.41) is 13.0. The number of nitrogens with zero attached hydrogens (tertiary/aromatic N) is 4. The number of fused-ring (bicyclic) bond motifs is 5. The molecule has 12 heteroatoms. The van der Waals surface area contributed by atoms with Gasteiger partial charge in [0.2, 0.25) is 0 Å². The van der Waals surface area contributed by atoms with Gasteiger partial charge in [-0.2, -0.15) is 0 Å². The molecule has 228 valence electrons. The molecule has 1 fully saturated rings. The summed E-state index contributed by atoms with van der Waals surface area (Å²) in [4.78, 5) is 62.6. The molecule has 0 spiro atoms. The number of carbonyl (C=O) groups excluding carboxylic acids is 3. The van der Waals surface area contributed by atoms with Crippen LogP contribution in [0.5, 0.6) is 0 Å². The summed E-state index contributed by atoms with van der Waals surface area (Å²) in [7, 11) is 0. The monoisotopic (exact) mass is 609 g/mol. The van der Waals surface area contributed by atoms with Crippen molar-refractivity contribution in [1.29, 1.82) is 0 Å². The molecule has 4 aromatic rings. The molecule has 0 radical (unpaired) electrons. The standard InChI is InChI=1S/C33H28FN5O6/c1-15-22(12-36-27-20-10-17(20)14-38(28(15)27)32(43)44)21-9-16-11-24(39-29(40)18-7-5-6-8-19(18)30(39)41)35-13-23(16)26(25(21)34)37-31(42)45-33(2,3)4/h5-9,11-13,17,20H,10,14H2,1-4H3,(H,37,42)(H,43,44). The summed E-state index contributed by atoms with van der Waals surface area (Å²) < 4.78 is 22.0. The van der Waals surface area contributed by atoms with Crippen LogP contribution in [0.2, 0.25) is 0 Å². The van der Waals surface area contributed by atoms with Crippen LogP contribution in [0.25, 0.3) is 21.9 Å². The van der Waals surface area contributed by atoms with Crippen LogP contribution in [0, 0.1) is 18.7 Å². The van der Waals surface area contributed by atoms with E-state index in [1.54, 1.807) is 52.0 Å². The van der Waals surface area contributed by atoms with Crippen LogP contribution in [0.15, 0.2) is 48.8 Å². The second-order valence-electron chi connectivity index (χ2n) is 12.5. The van der Waals surface area contributed by atoms with Crippen molar-refractivity contribution in [3.05, 3.63) is 77.0 Å². The first kappa shape index (κ1) is 28.4. The lowest BCUT2D eigenvalue weighted by Crippen LogP contribution is -2.35. The number of benzene rings is 2. The average molecular weight is 610 g/mol. The minimum absolute atomic E-state index is 0.0200. The fourth-order valence-electron chi connectivity index (χ4n) is 6.28. The zero-order valence-electron chi connectivity index (χ0n) is 24.8. The molecule has 45 heavy (non-hydrogen) atoms. The van der Waals surface area contributed by atoms with E-state index >= 15 is 4.39 Å². The number of nitrogens with one attached hydrogen (secondary N) is 1. The van der Waals surface area contributed by atoms with Gasteiger partial charge in [-0.3, -0.25) is 24.8 Å². The molecule has 1 aliphatic carbocycles. The smallest absolute Gasteiger partial charge is 0.412 e. The van der Waals surface area contributed by atoms with Crippen molar-refractivity contribution in [2.45, 2.75) is 45.6 Å². The summed E-state index contributed by atoms with van der Waals surface area (Å²) in [6.07, 6.45) is 1.62. The number of carboxylic acid groups (broad SMARTS) is 1. The van der Waals surface area contributed by atoms with Gasteiger partial charge in [0.05, 0.1) is 28.2 Å². The van der Waals surface area contributed by atoms with Gasteiger partial charge in [0, 0.05) is 41.4 Å². The van der Waals surface area contributed by atoms with E-state index in [1.165, 1.54) is 29.4 Å². The van der Waals surface area contributed by atoms with Crippen molar-refractivity contribution in [2.24, 2.45) is 5.92 Å². The van der Waals surface area contributed by atoms with E-state index < -0.39 is 35.4 Å². The third-order valence-corrected chi connectivity index (χ3v) is 8.41. The van der Waals surface area contributed by atoms with Crippen LogP contribution in [0.4, 0.5) is 31.2 Å². The Balaban J connectivity index is 1.40. The molecule has 3 aliphatic rings. The van der Waals surface area contributed by atoms with E-state index in [0.717, 1.165) is 11.3 Å². The summed E-state index contributed by atoms with van der Waals surface area (Å²) in [6.45, 7) is 7.08. The van der Waals surface area contributed by atoms with Crippen molar-refractivity contribution >= 4 is 52.0 Å². The number of hydrogen-bond acceptors (Lipinski definition) is 7. The van der Waals surface area contributed by atoms with Gasteiger partial charge in [-0.1, -0.05) is 12.1 Å². The first-order chi connectivity index (χ1) is 21.3. The van der Waals surface area contributed by atoms with E-state index in [9.17, 15) is 24.3 Å². The average Bonchev–Trinajstić information content (AvgIpc) is 3.72. The number of hydrogen-bond donors (Lipinski definition) is 2. The van der Waals surface area contributed by atoms with E-state index in [-0.39, 0.29) is 45.4 Å². The molecule has 0 bridgehead atoms. The highest BCUT2D eigenvalue weighted by Crippen LogP contribution is 2.55. The SMILES string of the molecule is Cc1c(-c2cc3cc(N4C(=O)c5ccccc5C4=O)ncc3c(NC(=O)OC(C)(C)C)c2F)cnc2c1N(C(=O)O)CC1CC21. The Morgan fingerprint density at radius 3 is 2.36 bits per heavy atom. The minimum Gasteiger partial charge on any atom is -0.465 e. The first-order valence-electron chi connectivity index (χ1n) is 14.4. The van der Waals surface area contributed by atoms with Crippen LogP contribution in [-0.2, 0) is 4.74 Å². The van der Waals surface area contributed by atoms with Gasteiger partial charge >= 0.3 is 12.2 Å². The first-order valence-corrected chi connectivity index (χ1v) is 14.4. The second kappa shape index (κ2) is 9.81. The molecule has 2 aromatic carbocycles. The summed E-state index contributed by atoms with van der Waals surface area (Å²) in [5.74, 6) is -1.51. The van der Waals surface area contributed by atoms with Crippen LogP contribution in [0.3, 0.4) is 0 Å². The number of carbonyl (C=O) groups is 4. The van der Waals surface area contributed by atoms with Gasteiger partial charge < -0.3 is 9.84 Å². The molecule has 0 saturated heterocycles. The van der Waals surface area contributed by atoms with E-state index in [4.69, 9.17) is 4.74 Å². The van der Waals surface area contributed by atoms with Gasteiger partial charge in [-0.05, 0) is 75.2 Å². The second-order valence-corrected chi connectivity index (χ2v) is 12.5. The van der Waals surface area contributed by atoms with Gasteiger partial charge in [0.15, 0.2) is 5.82 Å². The summed E-state index contributed by atoms with van der Waals surface area (Å²) in [6, 6.07) is 9.42. The molecule has 2 aromatic heterocycles. The predicted molar refractivity (Wildman–Crippen MR) is 163 cm³/mol. The highest BCUT2D eigenvalue weighted by Gasteiger charge is 2.48. The Morgan fingerprint density at radius 1 is 1.02 bits per heavy atom. The minimum atomic E-state index is -1.12. The molecular formula is C33H28FN5O6. The van der Waals surface area contributed by atoms with Crippen molar-refractivity contribution in [3.8, 4) is 11.1 Å². The lowest BCUT2D eigenvalue weighted by Gasteiger charge is -2.29. The molecule has 4 amide bonds. The van der Waals surface area contributed by atoms with E-state index in [1.807, 2.05) is 0 Å². The normalized spacial score (nSPS) is 18.4.